The van der Waals surface area contributed by atoms with Crippen molar-refractivity contribution in [2.45, 2.75) is 39.5 Å². The summed E-state index contributed by atoms with van der Waals surface area (Å²) in [7, 11) is 0. The van der Waals surface area contributed by atoms with E-state index in [1.165, 1.54) is 25.7 Å². The van der Waals surface area contributed by atoms with Crippen molar-refractivity contribution in [1.82, 2.24) is 0 Å². The highest BCUT2D eigenvalue weighted by Crippen LogP contribution is 2.34. The zero-order valence-corrected chi connectivity index (χ0v) is 12.9. The van der Waals surface area contributed by atoms with Gasteiger partial charge in [0.2, 0.25) is 0 Å². The molecule has 0 unspecified atom stereocenters. The van der Waals surface area contributed by atoms with Crippen LogP contribution in [-0.4, -0.2) is 18.0 Å². The number of benzene rings is 1. The van der Waals surface area contributed by atoms with Gasteiger partial charge in [-0.25, -0.2) is 0 Å². The molecule has 0 radical (unpaired) electrons. The van der Waals surface area contributed by atoms with E-state index in [-0.39, 0.29) is 10.6 Å². The summed E-state index contributed by atoms with van der Waals surface area (Å²) in [6.07, 6.45) is 4.97. The molecule has 1 aromatic rings. The van der Waals surface area contributed by atoms with Crippen LogP contribution in [0.4, 0.5) is 17.1 Å². The molecule has 0 amide bonds. The predicted molar refractivity (Wildman–Crippen MR) is 86.9 cm³/mol. The lowest BCUT2D eigenvalue weighted by Crippen LogP contribution is -2.20. The molecule has 0 heterocycles. The van der Waals surface area contributed by atoms with E-state index in [1.807, 2.05) is 13.0 Å². The van der Waals surface area contributed by atoms with E-state index in [4.69, 9.17) is 0 Å². The van der Waals surface area contributed by atoms with Crippen LogP contribution in [0.25, 0.3) is 0 Å². The van der Waals surface area contributed by atoms with Crippen LogP contribution in [0.1, 0.15) is 39.5 Å². The van der Waals surface area contributed by atoms with E-state index in [0.717, 1.165) is 12.5 Å². The van der Waals surface area contributed by atoms with Crippen LogP contribution in [-0.2, 0) is 0 Å². The Morgan fingerprint density at radius 3 is 2.38 bits per heavy atom. The molecule has 2 N–H and O–H groups in total. The predicted octanol–water partition coefficient (Wildman–Crippen LogP) is 4.26. The summed E-state index contributed by atoms with van der Waals surface area (Å²) in [6, 6.07) is 5.41. The van der Waals surface area contributed by atoms with Gasteiger partial charge in [-0.2, -0.15) is 0 Å². The minimum atomic E-state index is -0.302. The molecule has 1 saturated carbocycles. The first-order chi connectivity index (χ1) is 10.1. The van der Waals surface area contributed by atoms with Crippen molar-refractivity contribution >= 4 is 17.1 Å². The first-order valence-electron chi connectivity index (χ1n) is 7.87. The highest BCUT2D eigenvalue weighted by molar-refractivity contribution is 5.76. The van der Waals surface area contributed by atoms with Crippen LogP contribution in [0.15, 0.2) is 18.2 Å². The zero-order chi connectivity index (χ0) is 15.2. The third-order valence-corrected chi connectivity index (χ3v) is 4.30. The number of nitro groups is 1. The maximum Gasteiger partial charge on any atom is 0.315 e. The molecule has 0 spiro atoms. The van der Waals surface area contributed by atoms with E-state index in [1.54, 1.807) is 12.1 Å². The summed E-state index contributed by atoms with van der Waals surface area (Å²) in [6.45, 7) is 5.73. The number of hydrogen-bond acceptors (Lipinski definition) is 4. The van der Waals surface area contributed by atoms with Crippen LogP contribution >= 0.6 is 0 Å². The van der Waals surface area contributed by atoms with E-state index in [2.05, 4.69) is 17.6 Å². The zero-order valence-electron chi connectivity index (χ0n) is 12.9. The molecular formula is C16H25N3O2. The van der Waals surface area contributed by atoms with E-state index < -0.39 is 0 Å². The van der Waals surface area contributed by atoms with Gasteiger partial charge < -0.3 is 10.6 Å². The van der Waals surface area contributed by atoms with Gasteiger partial charge in [-0.1, -0.05) is 25.8 Å². The Labute approximate surface area is 126 Å². The molecule has 1 fully saturated rings. The quantitative estimate of drug-likeness (QED) is 0.607. The van der Waals surface area contributed by atoms with Crippen LogP contribution < -0.4 is 10.6 Å². The molecule has 0 atom stereocenters. The van der Waals surface area contributed by atoms with E-state index in [9.17, 15) is 10.1 Å². The lowest BCUT2D eigenvalue weighted by Gasteiger charge is -2.26. The normalized spacial score (nSPS) is 21.8. The highest BCUT2D eigenvalue weighted by atomic mass is 16.6. The fourth-order valence-electron chi connectivity index (χ4n) is 3.00. The average Bonchev–Trinajstić information content (AvgIpc) is 2.47. The Balaban J connectivity index is 2.05. The summed E-state index contributed by atoms with van der Waals surface area (Å²) in [5.41, 5.74) is 1.37. The Bertz CT molecular complexity index is 482. The number of hydrogen-bond donors (Lipinski definition) is 2. The molecule has 1 aromatic carbocycles. The topological polar surface area (TPSA) is 67.2 Å². The monoisotopic (exact) mass is 291 g/mol. The third-order valence-electron chi connectivity index (χ3n) is 4.30. The van der Waals surface area contributed by atoms with Crippen molar-refractivity contribution in [1.29, 1.82) is 0 Å². The van der Waals surface area contributed by atoms with Crippen LogP contribution in [0.3, 0.4) is 0 Å². The summed E-state index contributed by atoms with van der Waals surface area (Å²) < 4.78 is 0. The van der Waals surface area contributed by atoms with Gasteiger partial charge >= 0.3 is 5.69 Å². The van der Waals surface area contributed by atoms with Gasteiger partial charge in [-0.15, -0.1) is 0 Å². The van der Waals surface area contributed by atoms with Crippen molar-refractivity contribution in [3.63, 3.8) is 0 Å². The van der Waals surface area contributed by atoms with Crippen molar-refractivity contribution in [2.75, 3.05) is 23.7 Å². The Kier molecular flexibility index (Phi) is 5.42. The Hall–Kier alpha value is -1.78. The van der Waals surface area contributed by atoms with Crippen molar-refractivity contribution in [2.24, 2.45) is 11.8 Å². The fraction of sp³-hybridized carbons (Fsp3) is 0.625. The second-order valence-electron chi connectivity index (χ2n) is 6.00. The largest absolute Gasteiger partial charge is 0.380 e. The number of nitro benzene ring substituents is 1. The Morgan fingerprint density at radius 1 is 1.19 bits per heavy atom. The number of nitrogens with zero attached hydrogens (tertiary/aromatic N) is 1. The molecule has 1 aliphatic rings. The van der Waals surface area contributed by atoms with Crippen LogP contribution in [0.2, 0.25) is 0 Å². The molecule has 5 nitrogen and oxygen atoms in total. The lowest BCUT2D eigenvalue weighted by molar-refractivity contribution is -0.383. The minimum absolute atomic E-state index is 0.156. The molecule has 5 heteroatoms. The molecular weight excluding hydrogens is 266 g/mol. The maximum absolute atomic E-state index is 11.3. The number of rotatable bonds is 6. The average molecular weight is 291 g/mol. The van der Waals surface area contributed by atoms with Gasteiger partial charge in [0.05, 0.1) is 4.92 Å². The smallest absolute Gasteiger partial charge is 0.315 e. The van der Waals surface area contributed by atoms with Gasteiger partial charge in [0, 0.05) is 13.1 Å². The Morgan fingerprint density at radius 2 is 1.81 bits per heavy atom. The second-order valence-corrected chi connectivity index (χ2v) is 6.00. The SMILES string of the molecule is CCNc1cccc(NCC2CCC(C)CC2)c1[N+](=O)[O-]. The number of nitrogens with one attached hydrogen (secondary N) is 2. The second kappa shape index (κ2) is 7.29. The third kappa shape index (κ3) is 4.09. The van der Waals surface area contributed by atoms with E-state index >= 15 is 0 Å². The van der Waals surface area contributed by atoms with Crippen LogP contribution in [0, 0.1) is 22.0 Å². The van der Waals surface area contributed by atoms with Gasteiger partial charge in [-0.3, -0.25) is 10.1 Å². The molecule has 116 valence electrons. The van der Waals surface area contributed by atoms with Gasteiger partial charge in [-0.05, 0) is 43.7 Å². The fourth-order valence-corrected chi connectivity index (χ4v) is 3.00. The molecule has 0 aromatic heterocycles. The number of anilines is 2. The maximum atomic E-state index is 11.3. The van der Waals surface area contributed by atoms with Crippen LogP contribution in [0.5, 0.6) is 0 Å². The standard InChI is InChI=1S/C16H25N3O2/c1-3-17-14-5-4-6-15(16(14)19(20)21)18-11-13-9-7-12(2)8-10-13/h4-6,12-13,17-18H,3,7-11H2,1-2H3. The van der Waals surface area contributed by atoms with Gasteiger partial charge in [0.25, 0.3) is 0 Å². The van der Waals surface area contributed by atoms with Crippen molar-refractivity contribution in [3.8, 4) is 0 Å². The van der Waals surface area contributed by atoms with Gasteiger partial charge in [0.15, 0.2) is 0 Å². The molecule has 2 rings (SSSR count). The number of para-hydroxylation sites is 1. The molecule has 0 aliphatic heterocycles. The van der Waals surface area contributed by atoms with E-state index in [0.29, 0.717) is 23.8 Å². The van der Waals surface area contributed by atoms with Crippen molar-refractivity contribution < 1.29 is 4.92 Å². The summed E-state index contributed by atoms with van der Waals surface area (Å²) >= 11 is 0. The summed E-state index contributed by atoms with van der Waals surface area (Å²) in [5, 5.41) is 17.7. The molecule has 1 aliphatic carbocycles. The first-order valence-corrected chi connectivity index (χ1v) is 7.87. The van der Waals surface area contributed by atoms with Crippen molar-refractivity contribution in [3.05, 3.63) is 28.3 Å². The molecule has 0 bridgehead atoms. The minimum Gasteiger partial charge on any atom is -0.380 e. The lowest BCUT2D eigenvalue weighted by atomic mass is 9.83. The first kappa shape index (κ1) is 15.6. The van der Waals surface area contributed by atoms with Gasteiger partial charge in [0.1, 0.15) is 11.4 Å². The molecule has 21 heavy (non-hydrogen) atoms. The highest BCUT2D eigenvalue weighted by Gasteiger charge is 2.22. The molecule has 0 saturated heterocycles. The summed E-state index contributed by atoms with van der Waals surface area (Å²) in [4.78, 5) is 11.0. The summed E-state index contributed by atoms with van der Waals surface area (Å²) in [5.74, 6) is 1.45.